The maximum absolute atomic E-state index is 13.9. The predicted octanol–water partition coefficient (Wildman–Crippen LogP) is 5.16. The Morgan fingerprint density at radius 2 is 1.44 bits per heavy atom. The van der Waals surface area contributed by atoms with Crippen molar-refractivity contribution >= 4 is 31.9 Å². The molecule has 0 bridgehead atoms. The van der Waals surface area contributed by atoms with Crippen LogP contribution in [0.15, 0.2) is 45.3 Å². The minimum Gasteiger partial charge on any atom is -0.207 e. The molecular weight excluding hydrogens is 342 g/mol. The normalized spacial score (nSPS) is 10.5. The van der Waals surface area contributed by atoms with Crippen LogP contribution in [0.4, 0.5) is 8.78 Å². The summed E-state index contributed by atoms with van der Waals surface area (Å²) < 4.78 is 27.6. The van der Waals surface area contributed by atoms with Crippen LogP contribution in [0.2, 0.25) is 0 Å². The van der Waals surface area contributed by atoms with Crippen LogP contribution in [0.1, 0.15) is 0 Å². The molecule has 4 heteroatoms. The molecule has 0 spiro atoms. The third-order valence-electron chi connectivity index (χ3n) is 2.19. The van der Waals surface area contributed by atoms with Crippen LogP contribution in [0.3, 0.4) is 0 Å². The van der Waals surface area contributed by atoms with Crippen molar-refractivity contribution in [3.63, 3.8) is 0 Å². The van der Waals surface area contributed by atoms with Gasteiger partial charge in [0.05, 0.1) is 4.47 Å². The van der Waals surface area contributed by atoms with Crippen molar-refractivity contribution < 1.29 is 8.78 Å². The fourth-order valence-electron chi connectivity index (χ4n) is 1.38. The highest BCUT2D eigenvalue weighted by atomic mass is 79.9. The molecule has 0 aliphatic rings. The summed E-state index contributed by atoms with van der Waals surface area (Å²) in [6.45, 7) is 0. The number of hydrogen-bond acceptors (Lipinski definition) is 0. The van der Waals surface area contributed by atoms with E-state index in [1.807, 2.05) is 0 Å². The number of rotatable bonds is 1. The van der Waals surface area contributed by atoms with Gasteiger partial charge in [0.2, 0.25) is 0 Å². The zero-order valence-corrected chi connectivity index (χ0v) is 11.1. The van der Waals surface area contributed by atoms with Crippen LogP contribution < -0.4 is 0 Å². The number of halogens is 4. The second-order valence-electron chi connectivity index (χ2n) is 3.23. The van der Waals surface area contributed by atoms with E-state index in [2.05, 4.69) is 31.9 Å². The van der Waals surface area contributed by atoms with Crippen molar-refractivity contribution in [3.05, 3.63) is 57.0 Å². The summed E-state index contributed by atoms with van der Waals surface area (Å²) in [5.41, 5.74) is 1.09. The van der Waals surface area contributed by atoms with Gasteiger partial charge in [-0.3, -0.25) is 0 Å². The van der Waals surface area contributed by atoms with Crippen LogP contribution in [0.25, 0.3) is 11.1 Å². The molecule has 0 saturated heterocycles. The molecule has 0 N–H and O–H groups in total. The summed E-state index contributed by atoms with van der Waals surface area (Å²) in [6, 6.07) is 9.11. The van der Waals surface area contributed by atoms with Crippen molar-refractivity contribution in [2.45, 2.75) is 0 Å². The van der Waals surface area contributed by atoms with Crippen molar-refractivity contribution in [2.24, 2.45) is 0 Å². The number of benzene rings is 2. The van der Waals surface area contributed by atoms with Crippen LogP contribution >= 0.6 is 31.9 Å². The van der Waals surface area contributed by atoms with E-state index in [1.165, 1.54) is 12.1 Å². The lowest BCUT2D eigenvalue weighted by Gasteiger charge is -2.06. The molecule has 0 aliphatic carbocycles. The van der Waals surface area contributed by atoms with Crippen LogP contribution in [0.5, 0.6) is 0 Å². The lowest BCUT2D eigenvalue weighted by Crippen LogP contribution is -1.87. The van der Waals surface area contributed by atoms with Gasteiger partial charge < -0.3 is 0 Å². The molecule has 0 amide bonds. The van der Waals surface area contributed by atoms with Gasteiger partial charge in [-0.2, -0.15) is 0 Å². The zero-order chi connectivity index (χ0) is 11.7. The first-order valence-electron chi connectivity index (χ1n) is 4.49. The van der Waals surface area contributed by atoms with Gasteiger partial charge in [0.15, 0.2) is 0 Å². The van der Waals surface area contributed by atoms with E-state index in [4.69, 9.17) is 0 Å². The summed E-state index contributed by atoms with van der Waals surface area (Å²) in [4.78, 5) is 0. The first-order valence-corrected chi connectivity index (χ1v) is 6.07. The van der Waals surface area contributed by atoms with Crippen LogP contribution in [-0.4, -0.2) is 0 Å². The molecule has 0 atom stereocenters. The summed E-state index contributed by atoms with van der Waals surface area (Å²) >= 11 is 6.36. The summed E-state index contributed by atoms with van der Waals surface area (Å²) in [7, 11) is 0. The van der Waals surface area contributed by atoms with E-state index in [-0.39, 0.29) is 11.6 Å². The van der Waals surface area contributed by atoms with E-state index in [0.29, 0.717) is 20.1 Å². The average molecular weight is 348 g/mol. The molecule has 0 saturated carbocycles. The monoisotopic (exact) mass is 346 g/mol. The number of hydrogen-bond donors (Lipinski definition) is 0. The highest BCUT2D eigenvalue weighted by Crippen LogP contribution is 2.33. The zero-order valence-electron chi connectivity index (χ0n) is 7.98. The Balaban J connectivity index is 2.57. The largest absolute Gasteiger partial charge is 0.207 e. The molecule has 16 heavy (non-hydrogen) atoms. The third kappa shape index (κ3) is 2.18. The molecular formula is C12H6Br2F2. The average Bonchev–Trinajstić information content (AvgIpc) is 2.28. The van der Waals surface area contributed by atoms with E-state index in [0.717, 1.165) is 0 Å². The molecule has 0 aromatic heterocycles. The highest BCUT2D eigenvalue weighted by molar-refractivity contribution is 9.13. The first kappa shape index (κ1) is 11.7. The Hall–Kier alpha value is -0.740. The molecule has 0 radical (unpaired) electrons. The van der Waals surface area contributed by atoms with Gasteiger partial charge in [0.25, 0.3) is 0 Å². The third-order valence-corrected chi connectivity index (χ3v) is 4.16. The molecule has 2 aromatic rings. The summed E-state index contributed by atoms with van der Waals surface area (Å²) in [6.07, 6.45) is 0. The molecule has 2 rings (SSSR count). The Morgan fingerprint density at radius 1 is 0.812 bits per heavy atom. The second-order valence-corrected chi connectivity index (χ2v) is 4.88. The maximum Gasteiger partial charge on any atom is 0.146 e. The molecule has 0 aliphatic heterocycles. The lowest BCUT2D eigenvalue weighted by molar-refractivity contribution is 0.621. The van der Waals surface area contributed by atoms with Crippen molar-refractivity contribution in [3.8, 4) is 11.1 Å². The maximum atomic E-state index is 13.9. The molecule has 0 unspecified atom stereocenters. The molecule has 0 fully saturated rings. The Kier molecular flexibility index (Phi) is 3.40. The highest BCUT2D eigenvalue weighted by Gasteiger charge is 2.11. The van der Waals surface area contributed by atoms with Crippen molar-refractivity contribution in [2.75, 3.05) is 0 Å². The summed E-state index contributed by atoms with van der Waals surface area (Å²) in [5.74, 6) is -0.693. The fraction of sp³-hybridized carbons (Fsp3) is 0. The van der Waals surface area contributed by atoms with E-state index in [1.54, 1.807) is 24.3 Å². The van der Waals surface area contributed by atoms with E-state index >= 15 is 0 Å². The minimum absolute atomic E-state index is 0.333. The Bertz CT molecular complexity index is 521. The van der Waals surface area contributed by atoms with Crippen molar-refractivity contribution in [1.82, 2.24) is 0 Å². The van der Waals surface area contributed by atoms with E-state index in [9.17, 15) is 8.78 Å². The standard InChI is InChI=1S/C12H6Br2F2/c13-10-6-5-9(12(16)11(10)14)7-1-3-8(15)4-2-7/h1-6H. The molecule has 82 valence electrons. The molecule has 2 aromatic carbocycles. The lowest BCUT2D eigenvalue weighted by atomic mass is 10.1. The second kappa shape index (κ2) is 4.63. The fourth-order valence-corrected chi connectivity index (χ4v) is 2.03. The first-order chi connectivity index (χ1) is 7.59. The van der Waals surface area contributed by atoms with Gasteiger partial charge in [-0.05, 0) is 55.6 Å². The van der Waals surface area contributed by atoms with Gasteiger partial charge in [-0.15, -0.1) is 0 Å². The smallest absolute Gasteiger partial charge is 0.146 e. The molecule has 0 nitrogen and oxygen atoms in total. The summed E-state index contributed by atoms with van der Waals surface area (Å²) in [5, 5.41) is 0. The molecule has 0 heterocycles. The Labute approximate surface area is 109 Å². The minimum atomic E-state index is -0.360. The van der Waals surface area contributed by atoms with Gasteiger partial charge >= 0.3 is 0 Å². The van der Waals surface area contributed by atoms with Crippen LogP contribution in [-0.2, 0) is 0 Å². The Morgan fingerprint density at radius 3 is 2.06 bits per heavy atom. The quantitative estimate of drug-likeness (QED) is 0.625. The van der Waals surface area contributed by atoms with Gasteiger partial charge in [-0.25, -0.2) is 8.78 Å². The SMILES string of the molecule is Fc1ccc(-c2ccc(Br)c(Br)c2F)cc1. The van der Waals surface area contributed by atoms with Crippen LogP contribution in [0, 0.1) is 11.6 Å². The van der Waals surface area contributed by atoms with Gasteiger partial charge in [0, 0.05) is 10.0 Å². The van der Waals surface area contributed by atoms with Crippen molar-refractivity contribution in [1.29, 1.82) is 0 Å². The van der Waals surface area contributed by atoms with Gasteiger partial charge in [-0.1, -0.05) is 18.2 Å². The topological polar surface area (TPSA) is 0 Å². The predicted molar refractivity (Wildman–Crippen MR) is 67.2 cm³/mol. The van der Waals surface area contributed by atoms with Gasteiger partial charge in [0.1, 0.15) is 11.6 Å². The van der Waals surface area contributed by atoms with E-state index < -0.39 is 0 Å².